The van der Waals surface area contributed by atoms with E-state index >= 15 is 0 Å². The molecule has 3 heterocycles. The molecule has 0 bridgehead atoms. The maximum Gasteiger partial charge on any atom is 0.322 e. The number of nitrogens with zero attached hydrogens (tertiary/aromatic N) is 6. The molecule has 0 radical (unpaired) electrons. The minimum Gasteiger partial charge on any atom is -0.341 e. The summed E-state index contributed by atoms with van der Waals surface area (Å²) in [6.45, 7) is 6.88. The van der Waals surface area contributed by atoms with Gasteiger partial charge in [0, 0.05) is 58.1 Å². The van der Waals surface area contributed by atoms with Gasteiger partial charge in [0.1, 0.15) is 17.3 Å². The molecule has 246 valence electrons. The maximum atomic E-state index is 13.3. The molecule has 2 aromatic carbocycles. The largest absolute Gasteiger partial charge is 0.341 e. The predicted octanol–water partition coefficient (Wildman–Crippen LogP) is 3.68. The van der Waals surface area contributed by atoms with Crippen LogP contribution >= 0.6 is 0 Å². The number of amides is 2. The van der Waals surface area contributed by atoms with Crippen LogP contribution in [-0.2, 0) is 29.2 Å². The lowest BCUT2D eigenvalue weighted by Crippen LogP contribution is -2.40. The van der Waals surface area contributed by atoms with Crippen molar-refractivity contribution >= 4 is 40.0 Å². The predicted molar refractivity (Wildman–Crippen MR) is 181 cm³/mol. The number of rotatable bonds is 11. The molecule has 11 nitrogen and oxygen atoms in total. The van der Waals surface area contributed by atoms with Crippen molar-refractivity contribution in [2.75, 3.05) is 51.2 Å². The normalized spacial score (nSPS) is 18.2. The lowest BCUT2D eigenvalue weighted by molar-refractivity contribution is -0.107. The highest BCUT2D eigenvalue weighted by molar-refractivity contribution is 7.82. The smallest absolute Gasteiger partial charge is 0.322 e. The summed E-state index contributed by atoms with van der Waals surface area (Å²) in [6, 6.07) is 14.2. The molecular formula is C34H46N8O3S. The van der Waals surface area contributed by atoms with Crippen molar-refractivity contribution in [1.29, 1.82) is 5.26 Å². The molecule has 2 aliphatic heterocycles. The molecule has 0 saturated carbocycles. The zero-order valence-electron chi connectivity index (χ0n) is 27.2. The molecule has 2 fully saturated rings. The number of urea groups is 1. The fourth-order valence-corrected chi connectivity index (χ4v) is 8.07. The molecular weight excluding hydrogens is 600 g/mol. The van der Waals surface area contributed by atoms with Crippen LogP contribution in [0.2, 0.25) is 0 Å². The second-order valence-electron chi connectivity index (χ2n) is 12.7. The number of carbonyl (C=O) groups is 2. The Kier molecular flexibility index (Phi) is 11.2. The summed E-state index contributed by atoms with van der Waals surface area (Å²) in [5.74, 6) is 1.33. The van der Waals surface area contributed by atoms with Gasteiger partial charge in [0.2, 0.25) is 0 Å². The number of nitrogens with one attached hydrogen (secondary N) is 1. The molecule has 46 heavy (non-hydrogen) atoms. The van der Waals surface area contributed by atoms with Gasteiger partial charge in [-0.05, 0) is 98.5 Å². The number of hydrogen-bond acceptors (Lipinski definition) is 7. The second kappa shape index (κ2) is 15.3. The minimum absolute atomic E-state index is 0.182. The fourth-order valence-electron chi connectivity index (χ4n) is 6.81. The van der Waals surface area contributed by atoms with Gasteiger partial charge in [-0.15, -0.1) is 0 Å². The lowest BCUT2D eigenvalue weighted by atomic mass is 9.88. The van der Waals surface area contributed by atoms with E-state index in [-0.39, 0.29) is 25.0 Å². The number of benzene rings is 2. The number of likely N-dealkylation sites (tertiary alicyclic amines) is 1. The number of nitrogens with two attached hydrogens (primary N) is 1. The third-order valence-electron chi connectivity index (χ3n) is 9.37. The van der Waals surface area contributed by atoms with E-state index in [0.29, 0.717) is 23.2 Å². The highest BCUT2D eigenvalue weighted by Crippen LogP contribution is 2.34. The average Bonchev–Trinajstić information content (AvgIpc) is 3.40. The Morgan fingerprint density at radius 2 is 1.91 bits per heavy atom. The number of aldehydes is 1. The van der Waals surface area contributed by atoms with Crippen LogP contribution in [0, 0.1) is 17.2 Å². The van der Waals surface area contributed by atoms with Gasteiger partial charge in [0.25, 0.3) is 0 Å². The number of carbonyl (C=O) groups excluding carboxylic acids is 2. The van der Waals surface area contributed by atoms with Crippen LogP contribution in [-0.4, -0.2) is 87.9 Å². The highest BCUT2D eigenvalue weighted by atomic mass is 32.2. The molecule has 1 aromatic heterocycles. The van der Waals surface area contributed by atoms with E-state index in [2.05, 4.69) is 40.4 Å². The first-order valence-electron chi connectivity index (χ1n) is 16.3. The molecule has 2 atom stereocenters. The third-order valence-corrected chi connectivity index (χ3v) is 10.9. The highest BCUT2D eigenvalue weighted by Gasteiger charge is 2.26. The maximum absolute atomic E-state index is 13.3. The number of anilines is 1. The molecule has 3 aromatic rings. The second-order valence-corrected chi connectivity index (χ2v) is 14.2. The number of aromatic nitrogens is 2. The molecule has 12 heteroatoms. The average molecular weight is 647 g/mol. The summed E-state index contributed by atoms with van der Waals surface area (Å²) in [5, 5.41) is 18.0. The van der Waals surface area contributed by atoms with Crippen molar-refractivity contribution in [2.24, 2.45) is 18.7 Å². The van der Waals surface area contributed by atoms with Crippen LogP contribution in [0.4, 0.5) is 10.6 Å². The van der Waals surface area contributed by atoms with E-state index in [1.165, 1.54) is 10.5 Å². The van der Waals surface area contributed by atoms with Gasteiger partial charge < -0.3 is 20.7 Å². The Morgan fingerprint density at radius 3 is 2.59 bits per heavy atom. The number of nitriles is 1. The van der Waals surface area contributed by atoms with Crippen LogP contribution < -0.4 is 16.0 Å². The molecule has 2 saturated heterocycles. The van der Waals surface area contributed by atoms with Crippen LogP contribution in [0.5, 0.6) is 0 Å². The van der Waals surface area contributed by atoms with E-state index in [1.807, 2.05) is 40.3 Å². The van der Waals surface area contributed by atoms with Crippen LogP contribution in [0.25, 0.3) is 10.9 Å². The van der Waals surface area contributed by atoms with E-state index < -0.39 is 11.0 Å². The lowest BCUT2D eigenvalue weighted by Gasteiger charge is -2.34. The first-order valence-corrected chi connectivity index (χ1v) is 17.4. The molecule has 3 N–H and O–H groups in total. The summed E-state index contributed by atoms with van der Waals surface area (Å²) in [6.07, 6.45) is 5.60. The summed E-state index contributed by atoms with van der Waals surface area (Å²) < 4.78 is 17.1. The van der Waals surface area contributed by atoms with E-state index in [9.17, 15) is 19.1 Å². The van der Waals surface area contributed by atoms with Crippen LogP contribution in [0.15, 0.2) is 41.3 Å². The van der Waals surface area contributed by atoms with Gasteiger partial charge in [0.05, 0.1) is 22.0 Å². The SMILES string of the molecule is CNC(=O)N(CCC=O)c1nn(C)c2cc(C3CCN(CC(C)Cc4cc(S(=O)N5CCC(N)CC5)ccc4C#N)CC3)ccc12. The van der Waals surface area contributed by atoms with Crippen molar-refractivity contribution in [3.8, 4) is 6.07 Å². The summed E-state index contributed by atoms with van der Waals surface area (Å²) in [4.78, 5) is 28.4. The first-order chi connectivity index (χ1) is 22.2. The Bertz CT molecular complexity index is 1600. The van der Waals surface area contributed by atoms with Gasteiger partial charge in [-0.2, -0.15) is 10.4 Å². The van der Waals surface area contributed by atoms with Crippen molar-refractivity contribution in [2.45, 2.75) is 62.3 Å². The third kappa shape index (κ3) is 7.66. The standard InChI is InChI=1S/C34H46N8O3S/c1-24(19-28-20-30(7-5-27(28)22-35)46(45)41-16-11-29(36)12-17-41)23-40-14-9-25(10-15-40)26-6-8-31-32(21-26)39(3)38-33(31)42(13-4-18-43)34(44)37-2/h5-8,18,20-21,24-25,29H,4,9-17,19,23,36H2,1-3H3,(H,37,44). The molecule has 2 amide bonds. The summed E-state index contributed by atoms with van der Waals surface area (Å²) in [5.41, 5.74) is 9.89. The zero-order valence-corrected chi connectivity index (χ0v) is 28.0. The topological polar surface area (TPSA) is 141 Å². The molecule has 0 aliphatic carbocycles. The number of hydrogen-bond donors (Lipinski definition) is 2. The molecule has 5 rings (SSSR count). The van der Waals surface area contributed by atoms with Gasteiger partial charge in [-0.1, -0.05) is 13.0 Å². The first kappa shape index (κ1) is 33.7. The Morgan fingerprint density at radius 1 is 1.17 bits per heavy atom. The van der Waals surface area contributed by atoms with Crippen molar-refractivity contribution in [3.63, 3.8) is 0 Å². The quantitative estimate of drug-likeness (QED) is 0.303. The zero-order chi connectivity index (χ0) is 32.8. The van der Waals surface area contributed by atoms with Crippen LogP contribution in [0.3, 0.4) is 0 Å². The Balaban J connectivity index is 1.20. The van der Waals surface area contributed by atoms with Crippen molar-refractivity contribution in [1.82, 2.24) is 24.3 Å². The van der Waals surface area contributed by atoms with Crippen molar-refractivity contribution < 1.29 is 13.8 Å². The van der Waals surface area contributed by atoms with Crippen molar-refractivity contribution in [3.05, 3.63) is 53.1 Å². The monoisotopic (exact) mass is 646 g/mol. The number of piperidine rings is 2. The van der Waals surface area contributed by atoms with E-state index in [0.717, 1.165) is 92.5 Å². The van der Waals surface area contributed by atoms with Gasteiger partial charge in [-0.25, -0.2) is 13.3 Å². The van der Waals surface area contributed by atoms with Crippen LogP contribution in [0.1, 0.15) is 61.6 Å². The van der Waals surface area contributed by atoms with E-state index in [4.69, 9.17) is 5.73 Å². The van der Waals surface area contributed by atoms with Gasteiger partial charge in [0.15, 0.2) is 5.82 Å². The summed E-state index contributed by atoms with van der Waals surface area (Å²) in [7, 11) is 2.21. The fraction of sp³-hybridized carbons (Fsp3) is 0.529. The molecule has 0 spiro atoms. The number of fused-ring (bicyclic) bond motifs is 1. The van der Waals surface area contributed by atoms with E-state index in [1.54, 1.807) is 7.05 Å². The molecule has 2 aliphatic rings. The summed E-state index contributed by atoms with van der Waals surface area (Å²) >= 11 is 0. The minimum atomic E-state index is -1.24. The molecule has 2 unspecified atom stereocenters. The van der Waals surface area contributed by atoms with Gasteiger partial charge >= 0.3 is 6.03 Å². The number of aryl methyl sites for hydroxylation is 1. The van der Waals surface area contributed by atoms with Gasteiger partial charge in [-0.3, -0.25) is 9.58 Å². The Labute approximate surface area is 274 Å². The Hall–Kier alpha value is -3.63.